The third kappa shape index (κ3) is 7.63. The monoisotopic (exact) mass is 538 g/mol. The van der Waals surface area contributed by atoms with Gasteiger partial charge in [0.2, 0.25) is 0 Å². The van der Waals surface area contributed by atoms with Gasteiger partial charge >= 0.3 is 5.70 Å². The molecule has 1 aliphatic heterocycles. The van der Waals surface area contributed by atoms with E-state index in [9.17, 15) is 10.1 Å². The van der Waals surface area contributed by atoms with Crippen molar-refractivity contribution in [2.75, 3.05) is 39.3 Å². The van der Waals surface area contributed by atoms with Crippen LogP contribution in [0.15, 0.2) is 54.0 Å². The number of nitrogens with one attached hydrogen (secondary N) is 1. The van der Waals surface area contributed by atoms with E-state index < -0.39 is 0 Å². The first-order valence-corrected chi connectivity index (χ1v) is 13.2. The van der Waals surface area contributed by atoms with Crippen LogP contribution in [0.4, 0.5) is 0 Å². The highest BCUT2D eigenvalue weighted by Gasteiger charge is 2.29. The van der Waals surface area contributed by atoms with Crippen molar-refractivity contribution in [1.29, 1.82) is 5.26 Å². The van der Waals surface area contributed by atoms with Crippen LogP contribution in [0.1, 0.15) is 41.8 Å². The molecular weight excluding hydrogens is 507 g/mol. The standard InChI is InChI=1S/C28H32Cl2N6O/c1-4-10-33-19-21-6-8-23(9-7-21)28(37)34(5-2)11-12-35-13-14-36(27(35)26(18-31)32-3)20-22-15-24(29)17-25(30)16-22/h6-9,15-17,33H,4-5,10-14,19-20H2,1-2H3. The van der Waals surface area contributed by atoms with Gasteiger partial charge in [-0.05, 0) is 61.3 Å². The zero-order valence-corrected chi connectivity index (χ0v) is 22.8. The van der Waals surface area contributed by atoms with Crippen molar-refractivity contribution in [3.05, 3.63) is 92.1 Å². The Hall–Kier alpha value is -3.23. The van der Waals surface area contributed by atoms with E-state index in [0.717, 1.165) is 30.6 Å². The summed E-state index contributed by atoms with van der Waals surface area (Å²) in [5.41, 5.74) is 2.73. The number of nitrogens with zero attached hydrogens (tertiary/aromatic N) is 5. The van der Waals surface area contributed by atoms with Crippen LogP contribution >= 0.6 is 23.2 Å². The molecule has 0 unspecified atom stereocenters. The molecular formula is C28H32Cl2N6O. The molecule has 194 valence electrons. The summed E-state index contributed by atoms with van der Waals surface area (Å²) in [4.78, 5) is 22.5. The average molecular weight is 540 g/mol. The first kappa shape index (κ1) is 28.3. The molecule has 0 saturated carbocycles. The van der Waals surface area contributed by atoms with Gasteiger partial charge < -0.3 is 20.0 Å². The lowest BCUT2D eigenvalue weighted by Crippen LogP contribution is -2.38. The number of nitriles is 1. The van der Waals surface area contributed by atoms with E-state index in [4.69, 9.17) is 29.8 Å². The first-order valence-electron chi connectivity index (χ1n) is 12.5. The normalized spacial score (nSPS) is 14.3. The van der Waals surface area contributed by atoms with Gasteiger partial charge in [-0.15, -0.1) is 0 Å². The van der Waals surface area contributed by atoms with E-state index in [2.05, 4.69) is 17.1 Å². The molecule has 0 atom stereocenters. The average Bonchev–Trinajstić information content (AvgIpc) is 3.27. The van der Waals surface area contributed by atoms with Gasteiger partial charge in [0.25, 0.3) is 5.91 Å². The number of carbonyl (C=O) groups excluding carboxylic acids is 1. The predicted octanol–water partition coefficient (Wildman–Crippen LogP) is 5.38. The van der Waals surface area contributed by atoms with Crippen molar-refractivity contribution in [1.82, 2.24) is 20.0 Å². The first-order chi connectivity index (χ1) is 17.9. The highest BCUT2D eigenvalue weighted by molar-refractivity contribution is 6.34. The minimum absolute atomic E-state index is 0.0311. The summed E-state index contributed by atoms with van der Waals surface area (Å²) in [6, 6.07) is 15.1. The van der Waals surface area contributed by atoms with E-state index in [0.29, 0.717) is 60.7 Å². The van der Waals surface area contributed by atoms with Crippen LogP contribution in [0.5, 0.6) is 0 Å². The summed E-state index contributed by atoms with van der Waals surface area (Å²) in [6.45, 7) is 16.7. The minimum atomic E-state index is -0.0311. The fraction of sp³-hybridized carbons (Fsp3) is 0.393. The fourth-order valence-corrected chi connectivity index (χ4v) is 4.95. The lowest BCUT2D eigenvalue weighted by atomic mass is 10.1. The van der Waals surface area contributed by atoms with Gasteiger partial charge in [-0.2, -0.15) is 0 Å². The number of hydrogen-bond donors (Lipinski definition) is 1. The Morgan fingerprint density at radius 2 is 1.78 bits per heavy atom. The van der Waals surface area contributed by atoms with Crippen LogP contribution in [0.2, 0.25) is 10.0 Å². The van der Waals surface area contributed by atoms with Crippen molar-refractivity contribution in [3.63, 3.8) is 0 Å². The van der Waals surface area contributed by atoms with Crippen LogP contribution in [0.25, 0.3) is 4.85 Å². The summed E-state index contributed by atoms with van der Waals surface area (Å²) < 4.78 is 0. The van der Waals surface area contributed by atoms with Crippen LogP contribution < -0.4 is 5.32 Å². The zero-order valence-electron chi connectivity index (χ0n) is 21.3. The summed E-state index contributed by atoms with van der Waals surface area (Å²) in [5.74, 6) is 0.553. The molecule has 0 aliphatic carbocycles. The van der Waals surface area contributed by atoms with Crippen LogP contribution in [-0.4, -0.2) is 59.9 Å². The molecule has 1 heterocycles. The molecule has 7 nitrogen and oxygen atoms in total. The van der Waals surface area contributed by atoms with Gasteiger partial charge in [-0.25, -0.2) is 10.1 Å². The molecule has 37 heavy (non-hydrogen) atoms. The van der Waals surface area contributed by atoms with Crippen molar-refractivity contribution >= 4 is 29.1 Å². The number of rotatable bonds is 11. The Balaban J connectivity index is 1.69. The quantitative estimate of drug-likeness (QED) is 0.236. The second-order valence-corrected chi connectivity index (χ2v) is 9.71. The number of halogens is 2. The summed E-state index contributed by atoms with van der Waals surface area (Å²) in [7, 11) is 0. The van der Waals surface area contributed by atoms with E-state index in [1.807, 2.05) is 59.2 Å². The minimum Gasteiger partial charge on any atom is -0.363 e. The van der Waals surface area contributed by atoms with Crippen molar-refractivity contribution in [3.8, 4) is 6.07 Å². The van der Waals surface area contributed by atoms with Crippen LogP contribution in [-0.2, 0) is 13.1 Å². The molecule has 1 amide bonds. The van der Waals surface area contributed by atoms with Gasteiger partial charge in [-0.3, -0.25) is 4.79 Å². The topological polar surface area (TPSA) is 67.0 Å². The highest BCUT2D eigenvalue weighted by atomic mass is 35.5. The molecule has 1 N–H and O–H groups in total. The smallest absolute Gasteiger partial charge is 0.300 e. The molecule has 0 spiro atoms. The Bertz CT molecular complexity index is 1160. The predicted molar refractivity (Wildman–Crippen MR) is 148 cm³/mol. The summed E-state index contributed by atoms with van der Waals surface area (Å²) in [6.07, 6.45) is 1.08. The maximum atomic E-state index is 13.2. The van der Waals surface area contributed by atoms with Crippen molar-refractivity contribution < 1.29 is 4.79 Å². The van der Waals surface area contributed by atoms with Gasteiger partial charge in [0.15, 0.2) is 0 Å². The molecule has 3 rings (SSSR count). The van der Waals surface area contributed by atoms with Gasteiger partial charge in [0, 0.05) is 61.4 Å². The molecule has 0 radical (unpaired) electrons. The third-order valence-corrected chi connectivity index (χ3v) is 6.67. The van der Waals surface area contributed by atoms with Gasteiger partial charge in [0.1, 0.15) is 5.82 Å². The Labute approximate surface area is 229 Å². The molecule has 0 bridgehead atoms. The Morgan fingerprint density at radius 1 is 1.11 bits per heavy atom. The molecule has 2 aromatic rings. The van der Waals surface area contributed by atoms with E-state index in [1.54, 1.807) is 11.0 Å². The molecule has 2 aromatic carbocycles. The van der Waals surface area contributed by atoms with Gasteiger partial charge in [0.05, 0.1) is 12.6 Å². The van der Waals surface area contributed by atoms with Crippen molar-refractivity contribution in [2.45, 2.75) is 33.4 Å². The number of likely N-dealkylation sites (N-methyl/N-ethyl adjacent to an activating group) is 1. The number of benzene rings is 2. The van der Waals surface area contributed by atoms with Crippen molar-refractivity contribution in [2.24, 2.45) is 0 Å². The lowest BCUT2D eigenvalue weighted by molar-refractivity contribution is 0.0752. The second kappa shape index (κ2) is 13.9. The van der Waals surface area contributed by atoms with Gasteiger partial charge in [-0.1, -0.05) is 42.3 Å². The maximum absolute atomic E-state index is 13.2. The molecule has 1 fully saturated rings. The number of carbonyl (C=O) groups is 1. The number of amides is 1. The Kier molecular flexibility index (Phi) is 10.7. The third-order valence-electron chi connectivity index (χ3n) is 6.23. The van der Waals surface area contributed by atoms with E-state index in [-0.39, 0.29) is 11.6 Å². The van der Waals surface area contributed by atoms with E-state index in [1.165, 1.54) is 0 Å². The number of hydrogen-bond acceptors (Lipinski definition) is 5. The molecule has 1 aliphatic rings. The zero-order chi connectivity index (χ0) is 26.8. The summed E-state index contributed by atoms with van der Waals surface area (Å²) >= 11 is 12.3. The lowest BCUT2D eigenvalue weighted by Gasteiger charge is -2.28. The van der Waals surface area contributed by atoms with Crippen LogP contribution in [0.3, 0.4) is 0 Å². The molecule has 9 heteroatoms. The largest absolute Gasteiger partial charge is 0.363 e. The van der Waals surface area contributed by atoms with Crippen LogP contribution in [0, 0.1) is 17.9 Å². The molecule has 1 saturated heterocycles. The Morgan fingerprint density at radius 3 is 2.38 bits per heavy atom. The maximum Gasteiger partial charge on any atom is 0.300 e. The SMILES string of the molecule is [C-]#[N+]C(C#N)=C1N(CCN(CC)C(=O)c2ccc(CNCCC)cc2)CCN1Cc1cc(Cl)cc(Cl)c1. The second-order valence-electron chi connectivity index (χ2n) is 8.84. The molecule has 0 aromatic heterocycles. The van der Waals surface area contributed by atoms with E-state index >= 15 is 0 Å². The summed E-state index contributed by atoms with van der Waals surface area (Å²) in [5, 5.41) is 14.1. The number of allylic oxidation sites excluding steroid dienone is 1. The fourth-order valence-electron chi connectivity index (χ4n) is 4.37. The highest BCUT2D eigenvalue weighted by Crippen LogP contribution is 2.27.